The number of fused-ring (bicyclic) bond motifs is 1. The van der Waals surface area contributed by atoms with Crippen molar-refractivity contribution in [3.8, 4) is 11.5 Å². The Kier molecular flexibility index (Phi) is 10.0. The van der Waals surface area contributed by atoms with Gasteiger partial charge in [0.15, 0.2) is 23.3 Å². The molecular weight excluding hydrogens is 537 g/mol. The number of hydrogen-bond donors (Lipinski definition) is 2. The highest BCUT2D eigenvalue weighted by molar-refractivity contribution is 14.0. The summed E-state index contributed by atoms with van der Waals surface area (Å²) in [6, 6.07) is 5.87. The number of anilines is 1. The first kappa shape index (κ1) is 25.5. The van der Waals surface area contributed by atoms with Crippen LogP contribution in [0.25, 0.3) is 0 Å². The molecule has 1 aromatic carbocycles. The third-order valence-corrected chi connectivity index (χ3v) is 5.62. The average molecular weight is 571 g/mol. The number of halogens is 1. The summed E-state index contributed by atoms with van der Waals surface area (Å²) in [6.45, 7) is 9.19. The van der Waals surface area contributed by atoms with E-state index in [2.05, 4.69) is 25.7 Å². The highest BCUT2D eigenvalue weighted by Crippen LogP contribution is 2.32. The number of benzene rings is 1. The highest BCUT2D eigenvalue weighted by atomic mass is 127. The molecule has 33 heavy (non-hydrogen) atoms. The smallest absolute Gasteiger partial charge is 0.196 e. The van der Waals surface area contributed by atoms with Gasteiger partial charge >= 0.3 is 0 Å². The van der Waals surface area contributed by atoms with E-state index in [1.807, 2.05) is 36.7 Å². The van der Waals surface area contributed by atoms with Gasteiger partial charge in [0.25, 0.3) is 0 Å². The molecule has 2 aliphatic rings. The average Bonchev–Trinajstić information content (AvgIpc) is 3.00. The van der Waals surface area contributed by atoms with Gasteiger partial charge in [0.05, 0.1) is 26.4 Å². The minimum absolute atomic E-state index is 0. The number of morpholine rings is 1. The van der Waals surface area contributed by atoms with E-state index in [4.69, 9.17) is 19.2 Å². The molecule has 0 amide bonds. The highest BCUT2D eigenvalue weighted by Gasteiger charge is 2.13. The molecule has 182 valence electrons. The van der Waals surface area contributed by atoms with Crippen molar-refractivity contribution >= 4 is 35.6 Å². The molecule has 10 nitrogen and oxygen atoms in total. The van der Waals surface area contributed by atoms with Crippen molar-refractivity contribution < 1.29 is 14.2 Å². The maximum Gasteiger partial charge on any atom is 0.196 e. The Bertz CT molecular complexity index is 915. The molecule has 1 fully saturated rings. The van der Waals surface area contributed by atoms with E-state index in [9.17, 15) is 0 Å². The predicted molar refractivity (Wildman–Crippen MR) is 138 cm³/mol. The molecule has 2 aromatic rings. The zero-order valence-corrected chi connectivity index (χ0v) is 21.7. The van der Waals surface area contributed by atoms with Gasteiger partial charge in [0, 0.05) is 44.9 Å². The summed E-state index contributed by atoms with van der Waals surface area (Å²) in [4.78, 5) is 7.18. The molecule has 3 heterocycles. The molecule has 0 atom stereocenters. The number of ether oxygens (including phenoxy) is 3. The lowest BCUT2D eigenvalue weighted by Gasteiger charge is -2.26. The van der Waals surface area contributed by atoms with Crippen LogP contribution in [0.2, 0.25) is 0 Å². The second-order valence-corrected chi connectivity index (χ2v) is 7.96. The van der Waals surface area contributed by atoms with Crippen molar-refractivity contribution in [3.63, 3.8) is 0 Å². The van der Waals surface area contributed by atoms with Crippen LogP contribution < -0.4 is 20.1 Å². The van der Waals surface area contributed by atoms with Crippen LogP contribution in [0, 0.1) is 6.92 Å². The summed E-state index contributed by atoms with van der Waals surface area (Å²) in [7, 11) is 1.95. The van der Waals surface area contributed by atoms with E-state index in [0.29, 0.717) is 25.7 Å². The number of aromatic nitrogens is 3. The first-order valence-electron chi connectivity index (χ1n) is 11.3. The molecule has 0 radical (unpaired) electrons. The number of guanidine groups is 1. The van der Waals surface area contributed by atoms with Gasteiger partial charge in [-0.1, -0.05) is 0 Å². The van der Waals surface area contributed by atoms with Crippen LogP contribution >= 0.6 is 24.0 Å². The standard InChI is InChI=1S/C22H33N7O3.HI/c1-17-26-27-21(28(17)2)16-24-22(23-7-3-8-29-9-13-30-14-10-29)25-18-5-6-19-20(15-18)32-12-4-11-31-19;/h5-6,15H,3-4,7-14,16H2,1-2H3,(H2,23,24,25);1H. The van der Waals surface area contributed by atoms with Crippen LogP contribution in [0.5, 0.6) is 11.5 Å². The van der Waals surface area contributed by atoms with E-state index >= 15 is 0 Å². The molecule has 0 saturated carbocycles. The summed E-state index contributed by atoms with van der Waals surface area (Å²) in [5.74, 6) is 3.91. The summed E-state index contributed by atoms with van der Waals surface area (Å²) in [5.41, 5.74) is 0.892. The van der Waals surface area contributed by atoms with Gasteiger partial charge < -0.3 is 29.4 Å². The van der Waals surface area contributed by atoms with E-state index in [-0.39, 0.29) is 24.0 Å². The van der Waals surface area contributed by atoms with Gasteiger partial charge in [-0.2, -0.15) is 0 Å². The Balaban J connectivity index is 0.00000306. The number of nitrogens with zero attached hydrogens (tertiary/aromatic N) is 5. The van der Waals surface area contributed by atoms with Crippen molar-refractivity contribution in [2.75, 3.05) is 57.9 Å². The van der Waals surface area contributed by atoms with Crippen molar-refractivity contribution in [2.45, 2.75) is 26.3 Å². The second-order valence-electron chi connectivity index (χ2n) is 7.96. The second kappa shape index (κ2) is 12.9. The van der Waals surface area contributed by atoms with Crippen LogP contribution in [0.15, 0.2) is 23.2 Å². The number of hydrogen-bond acceptors (Lipinski definition) is 7. The first-order valence-corrected chi connectivity index (χ1v) is 11.3. The van der Waals surface area contributed by atoms with Crippen molar-refractivity contribution in [1.29, 1.82) is 0 Å². The summed E-state index contributed by atoms with van der Waals surface area (Å²) >= 11 is 0. The van der Waals surface area contributed by atoms with Gasteiger partial charge in [0.2, 0.25) is 0 Å². The molecule has 1 saturated heterocycles. The number of aryl methyl sites for hydroxylation is 1. The van der Waals surface area contributed by atoms with E-state index in [1.54, 1.807) is 0 Å². The monoisotopic (exact) mass is 571 g/mol. The van der Waals surface area contributed by atoms with Crippen LogP contribution in [0.3, 0.4) is 0 Å². The van der Waals surface area contributed by atoms with Crippen molar-refractivity contribution in [2.24, 2.45) is 12.0 Å². The van der Waals surface area contributed by atoms with E-state index in [0.717, 1.165) is 81.1 Å². The van der Waals surface area contributed by atoms with E-state index in [1.165, 1.54) is 0 Å². The summed E-state index contributed by atoms with van der Waals surface area (Å²) in [6.07, 6.45) is 1.90. The Hall–Kier alpha value is -2.12. The SMILES string of the molecule is Cc1nnc(CN=C(NCCCN2CCOCC2)Nc2ccc3c(c2)OCCCO3)n1C.I. The van der Waals surface area contributed by atoms with Gasteiger partial charge in [-0.15, -0.1) is 34.2 Å². The largest absolute Gasteiger partial charge is 0.490 e. The molecule has 0 spiro atoms. The van der Waals surface area contributed by atoms with Crippen LogP contribution in [0.1, 0.15) is 24.5 Å². The molecule has 4 rings (SSSR count). The normalized spacial score (nSPS) is 16.6. The lowest BCUT2D eigenvalue weighted by molar-refractivity contribution is 0.0376. The lowest BCUT2D eigenvalue weighted by atomic mass is 10.2. The zero-order valence-electron chi connectivity index (χ0n) is 19.4. The fraction of sp³-hybridized carbons (Fsp3) is 0.591. The van der Waals surface area contributed by atoms with E-state index < -0.39 is 0 Å². The van der Waals surface area contributed by atoms with Crippen LogP contribution in [-0.2, 0) is 18.3 Å². The van der Waals surface area contributed by atoms with Gasteiger partial charge in [-0.3, -0.25) is 4.90 Å². The topological polar surface area (TPSA) is 98.1 Å². The number of rotatable bonds is 7. The molecule has 1 aromatic heterocycles. The maximum absolute atomic E-state index is 5.82. The third kappa shape index (κ3) is 7.44. The Morgan fingerprint density at radius 3 is 2.64 bits per heavy atom. The molecule has 0 aliphatic carbocycles. The fourth-order valence-electron chi connectivity index (χ4n) is 3.59. The van der Waals surface area contributed by atoms with Crippen LogP contribution in [0.4, 0.5) is 5.69 Å². The third-order valence-electron chi connectivity index (χ3n) is 5.62. The van der Waals surface area contributed by atoms with Crippen molar-refractivity contribution in [1.82, 2.24) is 25.0 Å². The quantitative estimate of drug-likeness (QED) is 0.226. The molecule has 0 bridgehead atoms. The Morgan fingerprint density at radius 2 is 1.88 bits per heavy atom. The maximum atomic E-state index is 5.82. The lowest BCUT2D eigenvalue weighted by Crippen LogP contribution is -2.39. The van der Waals surface area contributed by atoms with Gasteiger partial charge in [-0.05, 0) is 32.0 Å². The Labute approximate surface area is 212 Å². The number of aliphatic imine (C=N–C) groups is 1. The fourth-order valence-corrected chi connectivity index (χ4v) is 3.59. The zero-order chi connectivity index (χ0) is 22.2. The molecule has 11 heteroatoms. The van der Waals surface area contributed by atoms with Crippen molar-refractivity contribution in [3.05, 3.63) is 29.8 Å². The number of nitrogens with one attached hydrogen (secondary N) is 2. The molecular formula is C22H34IN7O3. The minimum Gasteiger partial charge on any atom is -0.490 e. The molecule has 2 N–H and O–H groups in total. The Morgan fingerprint density at radius 1 is 1.09 bits per heavy atom. The first-order chi connectivity index (χ1) is 15.7. The molecule has 2 aliphatic heterocycles. The summed E-state index contributed by atoms with van der Waals surface area (Å²) in [5, 5.41) is 15.2. The van der Waals surface area contributed by atoms with Gasteiger partial charge in [0.1, 0.15) is 12.4 Å². The molecule has 0 unspecified atom stereocenters. The summed E-state index contributed by atoms with van der Waals surface area (Å²) < 4.78 is 18.9. The van der Waals surface area contributed by atoms with Gasteiger partial charge in [-0.25, -0.2) is 4.99 Å². The van der Waals surface area contributed by atoms with Crippen LogP contribution in [-0.4, -0.2) is 78.2 Å². The predicted octanol–water partition coefficient (Wildman–Crippen LogP) is 2.18. The minimum atomic E-state index is 0.